The summed E-state index contributed by atoms with van der Waals surface area (Å²) in [5.41, 5.74) is 8.08. The number of sulfone groups is 1. The van der Waals surface area contributed by atoms with Gasteiger partial charge in [-0.2, -0.15) is 0 Å². The van der Waals surface area contributed by atoms with Crippen LogP contribution in [0.5, 0.6) is 5.75 Å². The molecule has 2 rings (SSSR count). The van der Waals surface area contributed by atoms with E-state index in [0.717, 1.165) is 36.1 Å². The van der Waals surface area contributed by atoms with Crippen molar-refractivity contribution in [3.05, 3.63) is 29.3 Å². The number of aryl methyl sites for hydroxylation is 1. The predicted molar refractivity (Wildman–Crippen MR) is 85.3 cm³/mol. The van der Waals surface area contributed by atoms with E-state index < -0.39 is 9.84 Å². The second kappa shape index (κ2) is 6.36. The highest BCUT2D eigenvalue weighted by molar-refractivity contribution is 7.91. The van der Waals surface area contributed by atoms with Gasteiger partial charge in [-0.3, -0.25) is 0 Å². The lowest BCUT2D eigenvalue weighted by atomic mass is 9.96. The molecular weight excluding hydrogens is 286 g/mol. The van der Waals surface area contributed by atoms with Crippen LogP contribution < -0.4 is 10.5 Å². The highest BCUT2D eigenvalue weighted by atomic mass is 32.2. The Labute approximate surface area is 127 Å². The molecule has 0 amide bonds. The molecule has 0 aliphatic heterocycles. The van der Waals surface area contributed by atoms with Crippen molar-refractivity contribution in [3.8, 4) is 5.75 Å². The average molecular weight is 311 g/mol. The molecule has 21 heavy (non-hydrogen) atoms. The maximum Gasteiger partial charge on any atom is 0.150 e. The monoisotopic (exact) mass is 311 g/mol. The molecule has 3 atom stereocenters. The lowest BCUT2D eigenvalue weighted by Gasteiger charge is -2.29. The van der Waals surface area contributed by atoms with Crippen LogP contribution >= 0.6 is 0 Å². The van der Waals surface area contributed by atoms with E-state index in [2.05, 4.69) is 0 Å². The lowest BCUT2D eigenvalue weighted by molar-refractivity contribution is 0.154. The van der Waals surface area contributed by atoms with E-state index >= 15 is 0 Å². The van der Waals surface area contributed by atoms with E-state index in [9.17, 15) is 8.42 Å². The highest BCUT2D eigenvalue weighted by Gasteiger charge is 2.30. The average Bonchev–Trinajstić information content (AvgIpc) is 2.37. The summed E-state index contributed by atoms with van der Waals surface area (Å²) >= 11 is 0. The smallest absolute Gasteiger partial charge is 0.150 e. The van der Waals surface area contributed by atoms with Crippen molar-refractivity contribution in [2.45, 2.75) is 56.9 Å². The minimum absolute atomic E-state index is 0.0437. The molecule has 0 spiro atoms. The SMILES string of the molecule is Cc1ccc([C@H](C)N)c(OC2CCCC(S(C)(=O)=O)C2)c1. The topological polar surface area (TPSA) is 69.4 Å². The molecule has 118 valence electrons. The molecule has 4 nitrogen and oxygen atoms in total. The number of benzene rings is 1. The quantitative estimate of drug-likeness (QED) is 0.928. The van der Waals surface area contributed by atoms with Gasteiger partial charge in [0.25, 0.3) is 0 Å². The minimum atomic E-state index is -2.99. The molecule has 5 heteroatoms. The molecule has 0 radical (unpaired) electrons. The Kier molecular flexibility index (Phi) is 4.94. The number of hydrogen-bond acceptors (Lipinski definition) is 4. The fraction of sp³-hybridized carbons (Fsp3) is 0.625. The van der Waals surface area contributed by atoms with Gasteiger partial charge in [0.15, 0.2) is 0 Å². The Morgan fingerprint density at radius 1 is 1.33 bits per heavy atom. The molecule has 0 heterocycles. The van der Waals surface area contributed by atoms with Gasteiger partial charge in [0.1, 0.15) is 15.6 Å². The van der Waals surface area contributed by atoms with Gasteiger partial charge in [0.05, 0.1) is 11.4 Å². The Morgan fingerprint density at radius 2 is 2.05 bits per heavy atom. The molecule has 0 aromatic heterocycles. The molecule has 1 aromatic carbocycles. The first kappa shape index (κ1) is 16.3. The molecule has 2 N–H and O–H groups in total. The molecule has 0 saturated heterocycles. The van der Waals surface area contributed by atoms with Crippen LogP contribution in [0.1, 0.15) is 49.8 Å². The summed E-state index contributed by atoms with van der Waals surface area (Å²) in [7, 11) is -2.99. The molecule has 1 aliphatic rings. The Hall–Kier alpha value is -1.07. The first-order valence-electron chi connectivity index (χ1n) is 7.49. The largest absolute Gasteiger partial charge is 0.490 e. The molecule has 1 aliphatic carbocycles. The van der Waals surface area contributed by atoms with E-state index in [1.54, 1.807) is 0 Å². The van der Waals surface area contributed by atoms with Gasteiger partial charge in [0.2, 0.25) is 0 Å². The molecular formula is C16H25NO3S. The van der Waals surface area contributed by atoms with E-state index in [0.29, 0.717) is 6.42 Å². The zero-order chi connectivity index (χ0) is 15.6. The summed E-state index contributed by atoms with van der Waals surface area (Å²) in [6.45, 7) is 3.94. The first-order valence-corrected chi connectivity index (χ1v) is 9.44. The van der Waals surface area contributed by atoms with E-state index in [-0.39, 0.29) is 17.4 Å². The van der Waals surface area contributed by atoms with Crippen LogP contribution in [-0.2, 0) is 9.84 Å². The van der Waals surface area contributed by atoms with Crippen molar-refractivity contribution in [2.24, 2.45) is 5.73 Å². The summed E-state index contributed by atoms with van der Waals surface area (Å²) in [6.07, 6.45) is 4.38. The lowest BCUT2D eigenvalue weighted by Crippen LogP contribution is -2.33. The van der Waals surface area contributed by atoms with Crippen molar-refractivity contribution < 1.29 is 13.2 Å². The molecule has 1 saturated carbocycles. The van der Waals surface area contributed by atoms with E-state index in [1.165, 1.54) is 6.26 Å². The summed E-state index contributed by atoms with van der Waals surface area (Å²) in [4.78, 5) is 0. The third-order valence-corrected chi connectivity index (χ3v) is 5.78. The van der Waals surface area contributed by atoms with Crippen LogP contribution in [0.25, 0.3) is 0 Å². The zero-order valence-corrected chi connectivity index (χ0v) is 13.8. The van der Waals surface area contributed by atoms with Gasteiger partial charge in [0, 0.05) is 24.3 Å². The maximum atomic E-state index is 11.7. The van der Waals surface area contributed by atoms with Crippen molar-refractivity contribution in [2.75, 3.05) is 6.26 Å². The molecule has 0 bridgehead atoms. The summed E-state index contributed by atoms with van der Waals surface area (Å²) in [5.74, 6) is 0.796. The van der Waals surface area contributed by atoms with Gasteiger partial charge in [-0.25, -0.2) is 8.42 Å². The van der Waals surface area contributed by atoms with E-state index in [1.807, 2.05) is 32.0 Å². The second-order valence-corrected chi connectivity index (χ2v) is 8.51. The van der Waals surface area contributed by atoms with Gasteiger partial charge in [-0.05, 0) is 44.7 Å². The van der Waals surface area contributed by atoms with Crippen molar-refractivity contribution in [1.29, 1.82) is 0 Å². The first-order chi connectivity index (χ1) is 9.77. The fourth-order valence-corrected chi connectivity index (χ4v) is 4.06. The van der Waals surface area contributed by atoms with Crippen LogP contribution in [-0.4, -0.2) is 26.0 Å². The molecule has 1 fully saturated rings. The maximum absolute atomic E-state index is 11.7. The third-order valence-electron chi connectivity index (χ3n) is 4.14. The number of hydrogen-bond donors (Lipinski definition) is 1. The van der Waals surface area contributed by atoms with Crippen LogP contribution in [0.15, 0.2) is 18.2 Å². The van der Waals surface area contributed by atoms with Crippen molar-refractivity contribution in [1.82, 2.24) is 0 Å². The van der Waals surface area contributed by atoms with Gasteiger partial charge < -0.3 is 10.5 Å². The summed E-state index contributed by atoms with van der Waals surface area (Å²) in [5, 5.41) is -0.278. The normalized spacial score (nSPS) is 24.6. The van der Waals surface area contributed by atoms with Crippen LogP contribution in [0, 0.1) is 6.92 Å². The number of rotatable bonds is 4. The second-order valence-electron chi connectivity index (χ2n) is 6.19. The van der Waals surface area contributed by atoms with Crippen LogP contribution in [0.2, 0.25) is 0 Å². The van der Waals surface area contributed by atoms with Gasteiger partial charge >= 0.3 is 0 Å². The Bertz CT molecular complexity index is 596. The molecule has 2 unspecified atom stereocenters. The third kappa shape index (κ3) is 4.20. The zero-order valence-electron chi connectivity index (χ0n) is 13.0. The summed E-state index contributed by atoms with van der Waals surface area (Å²) < 4.78 is 29.6. The fourth-order valence-electron chi connectivity index (χ4n) is 2.90. The Morgan fingerprint density at radius 3 is 2.67 bits per heavy atom. The number of ether oxygens (including phenoxy) is 1. The van der Waals surface area contributed by atoms with Crippen LogP contribution in [0.4, 0.5) is 0 Å². The van der Waals surface area contributed by atoms with Gasteiger partial charge in [-0.1, -0.05) is 12.1 Å². The predicted octanol–water partition coefficient (Wildman–Crippen LogP) is 2.75. The molecule has 1 aromatic rings. The Balaban J connectivity index is 2.16. The van der Waals surface area contributed by atoms with E-state index in [4.69, 9.17) is 10.5 Å². The van der Waals surface area contributed by atoms with Crippen LogP contribution in [0.3, 0.4) is 0 Å². The number of nitrogens with two attached hydrogens (primary N) is 1. The van der Waals surface area contributed by atoms with Gasteiger partial charge in [-0.15, -0.1) is 0 Å². The standard InChI is InChI=1S/C16H25NO3S/c1-11-7-8-15(12(2)17)16(9-11)20-13-5-4-6-14(10-13)21(3,18)19/h7-9,12-14H,4-6,10,17H2,1-3H3/t12-,13?,14?/m0/s1. The minimum Gasteiger partial charge on any atom is -0.490 e. The van der Waals surface area contributed by atoms with Crippen molar-refractivity contribution in [3.63, 3.8) is 0 Å². The highest BCUT2D eigenvalue weighted by Crippen LogP contribution is 2.31. The van der Waals surface area contributed by atoms with Crippen molar-refractivity contribution >= 4 is 9.84 Å². The summed E-state index contributed by atoms with van der Waals surface area (Å²) in [6, 6.07) is 5.90.